The summed E-state index contributed by atoms with van der Waals surface area (Å²) in [6.45, 7) is 5.70. The van der Waals surface area contributed by atoms with Crippen LogP contribution in [0.4, 0.5) is 16.3 Å². The highest BCUT2D eigenvalue weighted by Crippen LogP contribution is 2.24. The van der Waals surface area contributed by atoms with Crippen LogP contribution in [0.3, 0.4) is 0 Å². The fourth-order valence-corrected chi connectivity index (χ4v) is 3.88. The molecule has 0 saturated carbocycles. The Balaban J connectivity index is 1.54. The highest BCUT2D eigenvalue weighted by atomic mass is 32.2. The Kier molecular flexibility index (Phi) is 7.68. The third-order valence-corrected chi connectivity index (χ3v) is 6.30. The van der Waals surface area contributed by atoms with Gasteiger partial charge in [0.1, 0.15) is 5.82 Å². The number of benzene rings is 1. The van der Waals surface area contributed by atoms with Gasteiger partial charge in [-0.3, -0.25) is 4.98 Å². The fourth-order valence-electron chi connectivity index (χ4n) is 3.60. The van der Waals surface area contributed by atoms with Gasteiger partial charge < -0.3 is 20.3 Å². The predicted octanol–water partition coefficient (Wildman–Crippen LogP) is 2.50. The highest BCUT2D eigenvalue weighted by molar-refractivity contribution is 7.73. The third kappa shape index (κ3) is 6.19. The van der Waals surface area contributed by atoms with Gasteiger partial charge in [0, 0.05) is 42.8 Å². The first-order valence-corrected chi connectivity index (χ1v) is 12.2. The third-order valence-electron chi connectivity index (χ3n) is 5.59. The van der Waals surface area contributed by atoms with Crippen molar-refractivity contribution in [2.45, 2.75) is 26.4 Å². The SMILES string of the molecule is CC(c1cc(N2CCOC[C@@H]2C)nc(-c2ccc(NC(=O)NCc3ccncc3)cc2)n1)=S(=O)=O. The van der Waals surface area contributed by atoms with E-state index in [-0.39, 0.29) is 16.9 Å². The summed E-state index contributed by atoms with van der Waals surface area (Å²) < 4.78 is 28.7. The van der Waals surface area contributed by atoms with E-state index in [1.807, 2.05) is 19.1 Å². The zero-order valence-corrected chi connectivity index (χ0v) is 20.2. The van der Waals surface area contributed by atoms with E-state index in [0.29, 0.717) is 54.9 Å². The van der Waals surface area contributed by atoms with Crippen LogP contribution in [0.15, 0.2) is 54.9 Å². The van der Waals surface area contributed by atoms with Gasteiger partial charge in [-0.1, -0.05) is 0 Å². The first-order chi connectivity index (χ1) is 16.9. The molecule has 2 amide bonds. The number of pyridine rings is 1. The normalized spacial score (nSPS) is 15.4. The van der Waals surface area contributed by atoms with Crippen LogP contribution in [-0.2, 0) is 21.6 Å². The number of nitrogens with one attached hydrogen (secondary N) is 2. The highest BCUT2D eigenvalue weighted by Gasteiger charge is 2.22. The molecule has 182 valence electrons. The van der Waals surface area contributed by atoms with Crippen LogP contribution in [-0.4, -0.2) is 60.1 Å². The standard InChI is InChI=1S/C24H26N6O4S/c1-16-15-34-12-11-30(16)22-13-21(17(2)35(32)33)28-23(29-22)19-3-5-20(6-4-19)27-24(31)26-14-18-7-9-25-10-8-18/h3-10,13,16H,11-12,14-15H2,1-2H3,(H2,26,27,31)/t16-/m0/s1. The van der Waals surface area contributed by atoms with Gasteiger partial charge in [0.25, 0.3) is 0 Å². The van der Waals surface area contributed by atoms with E-state index < -0.39 is 10.3 Å². The lowest BCUT2D eigenvalue weighted by atomic mass is 10.1. The van der Waals surface area contributed by atoms with E-state index >= 15 is 0 Å². The average Bonchev–Trinajstić information content (AvgIpc) is 2.88. The van der Waals surface area contributed by atoms with Gasteiger partial charge in [0.05, 0.1) is 29.8 Å². The van der Waals surface area contributed by atoms with Crippen molar-refractivity contribution in [3.8, 4) is 11.4 Å². The fraction of sp³-hybridized carbons (Fsp3) is 0.292. The minimum absolute atomic E-state index is 0.0923. The van der Waals surface area contributed by atoms with Crippen molar-refractivity contribution in [2.75, 3.05) is 30.0 Å². The van der Waals surface area contributed by atoms with Gasteiger partial charge >= 0.3 is 6.03 Å². The Morgan fingerprint density at radius 2 is 1.89 bits per heavy atom. The minimum atomic E-state index is -2.40. The number of rotatable bonds is 6. The van der Waals surface area contributed by atoms with E-state index in [2.05, 4.69) is 25.5 Å². The number of anilines is 2. The molecule has 35 heavy (non-hydrogen) atoms. The van der Waals surface area contributed by atoms with Gasteiger partial charge in [-0.15, -0.1) is 0 Å². The Bertz CT molecular complexity index is 1320. The molecule has 0 unspecified atom stereocenters. The van der Waals surface area contributed by atoms with Crippen LogP contribution in [0.1, 0.15) is 25.1 Å². The molecule has 4 rings (SSSR count). The molecule has 1 aliphatic heterocycles. The summed E-state index contributed by atoms with van der Waals surface area (Å²) >= 11 is 0. The molecule has 11 heteroatoms. The van der Waals surface area contributed by atoms with Crippen LogP contribution in [0.5, 0.6) is 0 Å². The predicted molar refractivity (Wildman–Crippen MR) is 134 cm³/mol. The van der Waals surface area contributed by atoms with E-state index in [1.165, 1.54) is 6.92 Å². The van der Waals surface area contributed by atoms with Crippen molar-refractivity contribution in [3.63, 3.8) is 0 Å². The summed E-state index contributed by atoms with van der Waals surface area (Å²) in [6, 6.07) is 12.2. The molecule has 1 fully saturated rings. The Morgan fingerprint density at radius 1 is 1.14 bits per heavy atom. The molecule has 1 saturated heterocycles. The number of aromatic nitrogens is 3. The maximum atomic E-state index is 12.2. The molecule has 0 radical (unpaired) electrons. The van der Waals surface area contributed by atoms with Gasteiger partial charge in [-0.25, -0.2) is 14.8 Å². The number of carbonyl (C=O) groups is 1. The maximum Gasteiger partial charge on any atom is 0.319 e. The molecule has 10 nitrogen and oxygen atoms in total. The second-order valence-corrected chi connectivity index (χ2v) is 9.17. The van der Waals surface area contributed by atoms with E-state index in [0.717, 1.165) is 5.56 Å². The summed E-state index contributed by atoms with van der Waals surface area (Å²) in [5.74, 6) is 1.04. The molecule has 3 heterocycles. The lowest BCUT2D eigenvalue weighted by Crippen LogP contribution is -2.44. The van der Waals surface area contributed by atoms with Crippen LogP contribution in [0, 0.1) is 0 Å². The summed E-state index contributed by atoms with van der Waals surface area (Å²) in [4.78, 5) is 27.6. The zero-order chi connectivity index (χ0) is 24.8. The van der Waals surface area contributed by atoms with Crippen molar-refractivity contribution < 1.29 is 17.9 Å². The van der Waals surface area contributed by atoms with Crippen LogP contribution < -0.4 is 15.5 Å². The first kappa shape index (κ1) is 24.3. The van der Waals surface area contributed by atoms with Crippen molar-refractivity contribution >= 4 is 32.7 Å². The van der Waals surface area contributed by atoms with Crippen molar-refractivity contribution in [1.29, 1.82) is 0 Å². The monoisotopic (exact) mass is 494 g/mol. The van der Waals surface area contributed by atoms with Gasteiger partial charge in [-0.2, -0.15) is 8.42 Å². The smallest absolute Gasteiger partial charge is 0.319 e. The number of carbonyl (C=O) groups excluding carboxylic acids is 1. The summed E-state index contributed by atoms with van der Waals surface area (Å²) in [6.07, 6.45) is 3.34. The molecule has 0 spiro atoms. The molecule has 1 aromatic carbocycles. The van der Waals surface area contributed by atoms with Crippen molar-refractivity contribution in [2.24, 2.45) is 0 Å². The second kappa shape index (κ2) is 11.1. The Labute approximate surface area is 204 Å². The van der Waals surface area contributed by atoms with Crippen molar-refractivity contribution in [3.05, 3.63) is 66.1 Å². The number of morpholine rings is 1. The summed E-state index contributed by atoms with van der Waals surface area (Å²) in [5, 5.41) is 5.58. The lowest BCUT2D eigenvalue weighted by Gasteiger charge is -2.34. The van der Waals surface area contributed by atoms with E-state index in [4.69, 9.17) is 9.72 Å². The van der Waals surface area contributed by atoms with Crippen LogP contribution in [0.25, 0.3) is 11.4 Å². The number of urea groups is 1. The number of hydrogen-bond acceptors (Lipinski definition) is 8. The largest absolute Gasteiger partial charge is 0.377 e. The van der Waals surface area contributed by atoms with Gasteiger partial charge in [-0.05, 0) is 55.8 Å². The topological polar surface area (TPSA) is 126 Å². The number of ether oxygens (including phenoxy) is 1. The molecule has 0 aliphatic carbocycles. The molecule has 2 N–H and O–H groups in total. The zero-order valence-electron chi connectivity index (χ0n) is 19.4. The van der Waals surface area contributed by atoms with Gasteiger partial charge in [0.15, 0.2) is 5.82 Å². The average molecular weight is 495 g/mol. The van der Waals surface area contributed by atoms with Crippen LogP contribution >= 0.6 is 0 Å². The number of hydrogen-bond donors (Lipinski definition) is 2. The molecule has 0 bridgehead atoms. The molecule has 1 atom stereocenters. The Hall–Kier alpha value is -3.83. The maximum absolute atomic E-state index is 12.2. The molecular weight excluding hydrogens is 468 g/mol. The Morgan fingerprint density at radius 3 is 2.57 bits per heavy atom. The molecule has 2 aromatic heterocycles. The second-order valence-electron chi connectivity index (χ2n) is 8.08. The molecular formula is C24H26N6O4S. The molecule has 3 aromatic rings. The number of amides is 2. The van der Waals surface area contributed by atoms with Crippen molar-refractivity contribution in [1.82, 2.24) is 20.3 Å². The van der Waals surface area contributed by atoms with Crippen LogP contribution in [0.2, 0.25) is 0 Å². The summed E-state index contributed by atoms with van der Waals surface area (Å²) in [5.41, 5.74) is 2.58. The first-order valence-electron chi connectivity index (χ1n) is 11.1. The van der Waals surface area contributed by atoms with Gasteiger partial charge in [0.2, 0.25) is 10.3 Å². The van der Waals surface area contributed by atoms with E-state index in [9.17, 15) is 13.2 Å². The minimum Gasteiger partial charge on any atom is -0.377 e. The van der Waals surface area contributed by atoms with E-state index in [1.54, 1.807) is 42.7 Å². The summed E-state index contributed by atoms with van der Waals surface area (Å²) in [7, 11) is -2.40. The lowest BCUT2D eigenvalue weighted by molar-refractivity contribution is 0.0985. The quantitative estimate of drug-likeness (QED) is 0.395. The number of nitrogens with zero attached hydrogens (tertiary/aromatic N) is 4. The molecule has 1 aliphatic rings.